The van der Waals surface area contributed by atoms with Gasteiger partial charge in [0.15, 0.2) is 5.82 Å². The summed E-state index contributed by atoms with van der Waals surface area (Å²) >= 11 is 3.40. The van der Waals surface area contributed by atoms with Crippen molar-refractivity contribution in [2.24, 2.45) is 5.41 Å². The Balaban J connectivity index is 1.40. The van der Waals surface area contributed by atoms with Gasteiger partial charge in [0.2, 0.25) is 0 Å². The van der Waals surface area contributed by atoms with E-state index in [0.29, 0.717) is 36.0 Å². The molecule has 7 nitrogen and oxygen atoms in total. The van der Waals surface area contributed by atoms with Crippen LogP contribution in [0.25, 0.3) is 21.8 Å². The summed E-state index contributed by atoms with van der Waals surface area (Å²) in [5, 5.41) is 23.4. The molecule has 1 aromatic carbocycles. The number of benzene rings is 1. The number of nitrogen functional groups attached to an aromatic ring is 2. The number of fused-ring (bicyclic) bond motifs is 2. The third-order valence-electron chi connectivity index (χ3n) is 7.05. The number of aliphatic hydroxyl groups is 2. The summed E-state index contributed by atoms with van der Waals surface area (Å²) in [6.45, 7) is 1.97. The third kappa shape index (κ3) is 3.64. The van der Waals surface area contributed by atoms with Crippen molar-refractivity contribution in [2.45, 2.75) is 44.4 Å². The number of aromatic nitrogens is 3. The van der Waals surface area contributed by atoms with E-state index in [-0.39, 0.29) is 5.82 Å². The zero-order chi connectivity index (χ0) is 23.5. The van der Waals surface area contributed by atoms with E-state index in [1.54, 1.807) is 16.8 Å². The average molecular weight is 514 g/mol. The summed E-state index contributed by atoms with van der Waals surface area (Å²) in [4.78, 5) is 8.30. The van der Waals surface area contributed by atoms with Gasteiger partial charge in [-0.1, -0.05) is 19.1 Å². The Hall–Kier alpha value is -2.75. The van der Waals surface area contributed by atoms with Gasteiger partial charge < -0.3 is 26.2 Å². The molecular formula is C24H25BrFN5O2. The standard InChI is InChI=1S/C24H25BrFN5O2/c1-24(6-4-12-2-3-13-9-15(25)23(28)30-17(13)8-12)10-18(20(32)21(24)33)31-7-5-14-19(31)16(26)11-29-22(14)27/h2-3,5,7-9,11,18,20-21,32-33H,4,6,10H2,1H3,(H2,27,29)(H2,28,30)/t18-,20+,21+,24+/m1/s1. The summed E-state index contributed by atoms with van der Waals surface area (Å²) in [5.41, 5.74) is 13.4. The molecule has 5 rings (SSSR count). The van der Waals surface area contributed by atoms with E-state index in [2.05, 4.69) is 25.9 Å². The van der Waals surface area contributed by atoms with Crippen LogP contribution in [0.4, 0.5) is 16.0 Å². The maximum atomic E-state index is 14.6. The number of anilines is 2. The molecule has 4 atom stereocenters. The van der Waals surface area contributed by atoms with Gasteiger partial charge in [0.25, 0.3) is 0 Å². The minimum atomic E-state index is -1.03. The molecule has 0 bridgehead atoms. The topological polar surface area (TPSA) is 123 Å². The Kier molecular flexibility index (Phi) is 5.30. The zero-order valence-corrected chi connectivity index (χ0v) is 19.6. The molecule has 0 unspecified atom stereocenters. The van der Waals surface area contributed by atoms with E-state index < -0.39 is 29.5 Å². The monoisotopic (exact) mass is 513 g/mol. The van der Waals surface area contributed by atoms with Crippen LogP contribution in [-0.4, -0.2) is 37.0 Å². The second kappa shape index (κ2) is 7.93. The summed E-state index contributed by atoms with van der Waals surface area (Å²) < 4.78 is 17.0. The van der Waals surface area contributed by atoms with Gasteiger partial charge in [-0.2, -0.15) is 0 Å². The number of halogens is 2. The van der Waals surface area contributed by atoms with E-state index >= 15 is 0 Å². The molecular weight excluding hydrogens is 489 g/mol. The molecule has 1 aliphatic rings. The van der Waals surface area contributed by atoms with Crippen LogP contribution < -0.4 is 11.5 Å². The fourth-order valence-corrected chi connectivity index (χ4v) is 5.42. The van der Waals surface area contributed by atoms with Crippen LogP contribution in [-0.2, 0) is 6.42 Å². The van der Waals surface area contributed by atoms with Crippen molar-refractivity contribution in [3.8, 4) is 0 Å². The Morgan fingerprint density at radius 1 is 1.21 bits per heavy atom. The Morgan fingerprint density at radius 3 is 2.79 bits per heavy atom. The Morgan fingerprint density at radius 2 is 2.00 bits per heavy atom. The first-order chi connectivity index (χ1) is 15.7. The number of nitrogens with two attached hydrogens (primary N) is 2. The molecule has 0 spiro atoms. The fourth-order valence-electron chi connectivity index (χ4n) is 5.08. The van der Waals surface area contributed by atoms with Gasteiger partial charge in [0.1, 0.15) is 17.7 Å². The minimum Gasteiger partial charge on any atom is -0.390 e. The second-order valence-corrected chi connectivity index (χ2v) is 10.1. The molecule has 1 fully saturated rings. The maximum absolute atomic E-state index is 14.6. The maximum Gasteiger partial charge on any atom is 0.165 e. The van der Waals surface area contributed by atoms with Crippen LogP contribution in [0.15, 0.2) is 47.2 Å². The number of nitrogens with zero attached hydrogens (tertiary/aromatic N) is 3. The normalized spacial score (nSPS) is 25.3. The quantitative estimate of drug-likeness (QED) is 0.327. The van der Waals surface area contributed by atoms with E-state index in [4.69, 9.17) is 11.5 Å². The lowest BCUT2D eigenvalue weighted by atomic mass is 9.80. The van der Waals surface area contributed by atoms with Gasteiger partial charge in [-0.3, -0.25) is 0 Å². The zero-order valence-electron chi connectivity index (χ0n) is 18.0. The van der Waals surface area contributed by atoms with Crippen LogP contribution in [0, 0.1) is 11.2 Å². The molecule has 6 N–H and O–H groups in total. The fraction of sp³-hybridized carbons (Fsp3) is 0.333. The minimum absolute atomic E-state index is 0.235. The highest BCUT2D eigenvalue weighted by atomic mass is 79.9. The molecule has 0 aliphatic heterocycles. The van der Waals surface area contributed by atoms with Gasteiger partial charge in [-0.15, -0.1) is 0 Å². The number of aliphatic hydroxyl groups excluding tert-OH is 2. The number of rotatable bonds is 4. The third-order valence-corrected chi connectivity index (χ3v) is 7.68. The van der Waals surface area contributed by atoms with Crippen molar-refractivity contribution in [1.29, 1.82) is 0 Å². The highest BCUT2D eigenvalue weighted by Crippen LogP contribution is 2.48. The van der Waals surface area contributed by atoms with Crippen LogP contribution >= 0.6 is 15.9 Å². The van der Waals surface area contributed by atoms with Gasteiger partial charge in [0.05, 0.1) is 33.8 Å². The van der Waals surface area contributed by atoms with E-state index in [1.165, 1.54) is 0 Å². The van der Waals surface area contributed by atoms with Crippen LogP contribution in [0.2, 0.25) is 0 Å². The molecule has 172 valence electrons. The van der Waals surface area contributed by atoms with Crippen molar-refractivity contribution < 1.29 is 14.6 Å². The highest BCUT2D eigenvalue weighted by Gasteiger charge is 2.50. The number of pyridine rings is 2. The Labute approximate surface area is 198 Å². The van der Waals surface area contributed by atoms with Gasteiger partial charge >= 0.3 is 0 Å². The van der Waals surface area contributed by atoms with Crippen molar-refractivity contribution >= 4 is 49.4 Å². The van der Waals surface area contributed by atoms with Crippen molar-refractivity contribution in [2.75, 3.05) is 11.5 Å². The van der Waals surface area contributed by atoms with Gasteiger partial charge in [-0.05, 0) is 64.4 Å². The lowest BCUT2D eigenvalue weighted by Crippen LogP contribution is -2.35. The highest BCUT2D eigenvalue weighted by molar-refractivity contribution is 9.10. The number of hydrogen-bond acceptors (Lipinski definition) is 6. The predicted molar refractivity (Wildman–Crippen MR) is 130 cm³/mol. The molecule has 4 aromatic rings. The lowest BCUT2D eigenvalue weighted by Gasteiger charge is -2.28. The molecule has 0 radical (unpaired) electrons. The molecule has 3 aromatic heterocycles. The largest absolute Gasteiger partial charge is 0.390 e. The Bertz CT molecular complexity index is 1380. The van der Waals surface area contributed by atoms with Crippen molar-refractivity contribution in [3.05, 3.63) is 58.6 Å². The van der Waals surface area contributed by atoms with E-state index in [0.717, 1.165) is 27.1 Å². The van der Waals surface area contributed by atoms with Crippen molar-refractivity contribution in [3.63, 3.8) is 0 Å². The molecule has 33 heavy (non-hydrogen) atoms. The van der Waals surface area contributed by atoms with Crippen LogP contribution in [0.1, 0.15) is 31.4 Å². The molecule has 1 aliphatic carbocycles. The summed E-state index contributed by atoms with van der Waals surface area (Å²) in [5.74, 6) is 0.165. The van der Waals surface area contributed by atoms with Crippen molar-refractivity contribution in [1.82, 2.24) is 14.5 Å². The van der Waals surface area contributed by atoms with E-state index in [9.17, 15) is 14.6 Å². The first-order valence-electron chi connectivity index (χ1n) is 10.8. The smallest absolute Gasteiger partial charge is 0.165 e. The first kappa shape index (κ1) is 22.1. The number of aryl methyl sites for hydroxylation is 1. The van der Waals surface area contributed by atoms with Gasteiger partial charge in [-0.25, -0.2) is 14.4 Å². The van der Waals surface area contributed by atoms with E-state index in [1.807, 2.05) is 31.2 Å². The SMILES string of the molecule is C[C@]1(CCc2ccc3cc(Br)c(N)nc3c2)C[C@@H](n2ccc3c(N)ncc(F)c32)[C@H](O)[C@@H]1O. The molecule has 3 heterocycles. The van der Waals surface area contributed by atoms with Gasteiger partial charge in [0, 0.05) is 17.0 Å². The first-order valence-corrected chi connectivity index (χ1v) is 11.6. The number of hydrogen-bond donors (Lipinski definition) is 4. The van der Waals surface area contributed by atoms with Crippen LogP contribution in [0.5, 0.6) is 0 Å². The van der Waals surface area contributed by atoms with Crippen LogP contribution in [0.3, 0.4) is 0 Å². The summed E-state index contributed by atoms with van der Waals surface area (Å²) in [6, 6.07) is 9.20. The summed E-state index contributed by atoms with van der Waals surface area (Å²) in [7, 11) is 0. The predicted octanol–water partition coefficient (Wildman–Crippen LogP) is 3.96. The lowest BCUT2D eigenvalue weighted by molar-refractivity contribution is -0.0241. The molecule has 9 heteroatoms. The molecule has 0 amide bonds. The molecule has 1 saturated carbocycles. The molecule has 0 saturated heterocycles. The summed E-state index contributed by atoms with van der Waals surface area (Å²) in [6.07, 6.45) is 2.64. The second-order valence-electron chi connectivity index (χ2n) is 9.22. The average Bonchev–Trinajstić information content (AvgIpc) is 3.33.